The Labute approximate surface area is 120 Å². The summed E-state index contributed by atoms with van der Waals surface area (Å²) in [5.41, 5.74) is 1.45. The fourth-order valence-electron chi connectivity index (χ4n) is 1.89. The van der Waals surface area contributed by atoms with Gasteiger partial charge in [0.05, 0.1) is 12.8 Å². The highest BCUT2D eigenvalue weighted by molar-refractivity contribution is 5.98. The van der Waals surface area contributed by atoms with Crippen LogP contribution in [0.5, 0.6) is 5.75 Å². The zero-order valence-electron chi connectivity index (χ0n) is 11.5. The van der Waals surface area contributed by atoms with E-state index in [0.29, 0.717) is 16.9 Å². The summed E-state index contributed by atoms with van der Waals surface area (Å²) in [6.45, 7) is 1.35. The number of methoxy groups -OCH3 is 1. The largest absolute Gasteiger partial charge is 0.630 e. The molecule has 1 heterocycles. The predicted octanol–water partition coefficient (Wildman–Crippen LogP) is 1.61. The summed E-state index contributed by atoms with van der Waals surface area (Å²) in [6.07, 6.45) is 1.43. The van der Waals surface area contributed by atoms with Gasteiger partial charge in [-0.05, 0) is 12.1 Å². The quantitative estimate of drug-likeness (QED) is 0.867. The van der Waals surface area contributed by atoms with Crippen LogP contribution < -0.4 is 15.1 Å². The van der Waals surface area contributed by atoms with Gasteiger partial charge >= 0.3 is 0 Å². The molecule has 0 aliphatic heterocycles. The first-order chi connectivity index (χ1) is 10.1. The number of quaternary nitrogens is 1. The maximum Gasteiger partial charge on any atom is 0.229 e. The predicted molar refractivity (Wildman–Crippen MR) is 75.0 cm³/mol. The number of ether oxygens (including phenoxy) is 1. The number of aromatic nitrogens is 1. The highest BCUT2D eigenvalue weighted by atomic mass is 19.1. The molecule has 0 radical (unpaired) electrons. The van der Waals surface area contributed by atoms with E-state index < -0.39 is 5.82 Å². The number of halogens is 1. The molecule has 0 saturated heterocycles. The lowest BCUT2D eigenvalue weighted by Crippen LogP contribution is -2.70. The Morgan fingerprint density at radius 3 is 2.76 bits per heavy atom. The van der Waals surface area contributed by atoms with Crippen LogP contribution in [-0.4, -0.2) is 18.0 Å². The number of amides is 1. The first kappa shape index (κ1) is 14.9. The first-order valence-corrected chi connectivity index (χ1v) is 6.12. The molecule has 110 valence electrons. The van der Waals surface area contributed by atoms with Crippen molar-refractivity contribution < 1.29 is 19.4 Å². The maximum atomic E-state index is 13.5. The van der Waals surface area contributed by atoms with E-state index in [2.05, 4.69) is 4.98 Å². The van der Waals surface area contributed by atoms with Gasteiger partial charge in [0.25, 0.3) is 0 Å². The normalized spacial score (nSPS) is 10.3. The summed E-state index contributed by atoms with van der Waals surface area (Å²) in [6, 6.07) is 7.04. The van der Waals surface area contributed by atoms with Crippen LogP contribution in [0.1, 0.15) is 6.92 Å². The summed E-state index contributed by atoms with van der Waals surface area (Å²) in [4.78, 5) is 17.2. The van der Waals surface area contributed by atoms with E-state index in [4.69, 9.17) is 4.74 Å². The van der Waals surface area contributed by atoms with Gasteiger partial charge in [-0.15, -0.1) is 0 Å². The number of carbonyl (C=O) groups is 1. The minimum atomic E-state index is -0.528. The van der Waals surface area contributed by atoms with Gasteiger partial charge in [0.15, 0.2) is 11.6 Å². The van der Waals surface area contributed by atoms with Gasteiger partial charge in [0, 0.05) is 31.3 Å². The number of hydrogen-bond donors (Lipinski definition) is 1. The number of rotatable bonds is 4. The van der Waals surface area contributed by atoms with E-state index >= 15 is 0 Å². The van der Waals surface area contributed by atoms with E-state index in [1.807, 2.05) is 0 Å². The molecule has 7 heteroatoms. The second kappa shape index (κ2) is 6.29. The lowest BCUT2D eigenvalue weighted by molar-refractivity contribution is -0.497. The third kappa shape index (κ3) is 3.15. The molecule has 1 amide bonds. The van der Waals surface area contributed by atoms with E-state index in [0.717, 1.165) is 0 Å². The molecule has 0 spiro atoms. The molecule has 2 aromatic rings. The van der Waals surface area contributed by atoms with E-state index in [1.165, 1.54) is 55.5 Å². The Balaban J connectivity index is 2.50. The SMILES string of the molecule is COc1cc(N(C(C)=O)c2cc([NH2+][O-])ccn2)ccc1F. The number of pyridine rings is 1. The third-order valence-corrected chi connectivity index (χ3v) is 2.84. The van der Waals surface area contributed by atoms with Gasteiger partial charge < -0.3 is 15.4 Å². The van der Waals surface area contributed by atoms with E-state index in [1.54, 1.807) is 0 Å². The molecule has 2 N–H and O–H groups in total. The standard InChI is InChI=1S/C14H14FN3O3/c1-9(19)18(14-7-10(17-20)5-6-16-14)11-3-4-12(15)13(8-11)21-2/h3-8H,17H2,1-2H3. The van der Waals surface area contributed by atoms with Crippen molar-refractivity contribution in [2.24, 2.45) is 0 Å². The van der Waals surface area contributed by atoms with Crippen LogP contribution >= 0.6 is 0 Å². The van der Waals surface area contributed by atoms with E-state index in [-0.39, 0.29) is 17.5 Å². The van der Waals surface area contributed by atoms with Crippen molar-refractivity contribution >= 4 is 23.1 Å². The number of anilines is 2. The molecule has 21 heavy (non-hydrogen) atoms. The van der Waals surface area contributed by atoms with Gasteiger partial charge in [-0.3, -0.25) is 9.69 Å². The Morgan fingerprint density at radius 1 is 1.38 bits per heavy atom. The van der Waals surface area contributed by atoms with Gasteiger partial charge in [0.2, 0.25) is 5.91 Å². The Morgan fingerprint density at radius 2 is 2.14 bits per heavy atom. The highest BCUT2D eigenvalue weighted by Crippen LogP contribution is 2.29. The fourth-order valence-corrected chi connectivity index (χ4v) is 1.89. The van der Waals surface area contributed by atoms with Crippen LogP contribution in [0.4, 0.5) is 21.6 Å². The molecular weight excluding hydrogens is 277 g/mol. The van der Waals surface area contributed by atoms with Crippen LogP contribution in [0.25, 0.3) is 0 Å². The van der Waals surface area contributed by atoms with Crippen molar-refractivity contribution in [2.45, 2.75) is 6.92 Å². The number of carbonyl (C=O) groups excluding carboxylic acids is 1. The molecule has 6 nitrogen and oxygen atoms in total. The molecule has 0 atom stereocenters. The van der Waals surface area contributed by atoms with Gasteiger partial charge in [-0.25, -0.2) is 9.37 Å². The molecule has 0 bridgehead atoms. The second-order valence-corrected chi connectivity index (χ2v) is 4.24. The minimum Gasteiger partial charge on any atom is -0.630 e. The maximum absolute atomic E-state index is 13.5. The van der Waals surface area contributed by atoms with Crippen LogP contribution in [-0.2, 0) is 4.79 Å². The first-order valence-electron chi connectivity index (χ1n) is 6.12. The topological polar surface area (TPSA) is 82.1 Å². The molecule has 0 fully saturated rings. The van der Waals surface area contributed by atoms with Crippen LogP contribution in [0.2, 0.25) is 0 Å². The van der Waals surface area contributed by atoms with Crippen molar-refractivity contribution in [1.82, 2.24) is 4.98 Å². The van der Waals surface area contributed by atoms with E-state index in [9.17, 15) is 14.4 Å². The molecule has 0 unspecified atom stereocenters. The monoisotopic (exact) mass is 291 g/mol. The van der Waals surface area contributed by atoms with Crippen molar-refractivity contribution in [2.75, 3.05) is 12.0 Å². The van der Waals surface area contributed by atoms with Gasteiger partial charge in [0.1, 0.15) is 11.5 Å². The molecular formula is C14H14FN3O3. The number of benzene rings is 1. The summed E-state index contributed by atoms with van der Waals surface area (Å²) in [5, 5.41) is 10.8. The Bertz CT molecular complexity index is 664. The molecule has 0 saturated carbocycles. The van der Waals surface area contributed by atoms with Crippen LogP contribution in [0.3, 0.4) is 0 Å². The number of nitrogens with two attached hydrogens (primary N) is 1. The van der Waals surface area contributed by atoms with Gasteiger partial charge in [-0.2, -0.15) is 0 Å². The third-order valence-electron chi connectivity index (χ3n) is 2.84. The lowest BCUT2D eigenvalue weighted by Gasteiger charge is -2.21. The second-order valence-electron chi connectivity index (χ2n) is 4.24. The molecule has 1 aromatic heterocycles. The zero-order chi connectivity index (χ0) is 15.4. The summed E-state index contributed by atoms with van der Waals surface area (Å²) in [5.74, 6) is -0.551. The minimum absolute atomic E-state index is 0.0188. The van der Waals surface area contributed by atoms with Crippen LogP contribution in [0, 0.1) is 11.0 Å². The fraction of sp³-hybridized carbons (Fsp3) is 0.143. The van der Waals surface area contributed by atoms with Crippen molar-refractivity contribution in [3.8, 4) is 5.75 Å². The average Bonchev–Trinajstić information content (AvgIpc) is 2.49. The molecule has 0 aliphatic rings. The molecule has 0 aliphatic carbocycles. The summed E-state index contributed by atoms with van der Waals surface area (Å²) in [7, 11) is 1.34. The Hall–Kier alpha value is -2.51. The highest BCUT2D eigenvalue weighted by Gasteiger charge is 2.18. The number of nitrogens with zero attached hydrogens (tertiary/aromatic N) is 2. The van der Waals surface area contributed by atoms with Crippen molar-refractivity contribution in [3.63, 3.8) is 0 Å². The Kier molecular flexibility index (Phi) is 4.46. The zero-order valence-corrected chi connectivity index (χ0v) is 11.5. The van der Waals surface area contributed by atoms with Crippen LogP contribution in [0.15, 0.2) is 36.5 Å². The smallest absolute Gasteiger partial charge is 0.229 e. The van der Waals surface area contributed by atoms with Crippen molar-refractivity contribution in [1.29, 1.82) is 0 Å². The number of hydrogen-bond acceptors (Lipinski definition) is 4. The van der Waals surface area contributed by atoms with Crippen molar-refractivity contribution in [3.05, 3.63) is 47.6 Å². The molecule has 1 aromatic carbocycles. The van der Waals surface area contributed by atoms with Gasteiger partial charge in [-0.1, -0.05) is 0 Å². The molecule has 2 rings (SSSR count). The lowest BCUT2D eigenvalue weighted by atomic mass is 10.2. The summed E-state index contributed by atoms with van der Waals surface area (Å²) < 4.78 is 18.4. The average molecular weight is 291 g/mol. The summed E-state index contributed by atoms with van der Waals surface area (Å²) >= 11 is 0.